The van der Waals surface area contributed by atoms with Crippen LogP contribution in [0.1, 0.15) is 32.3 Å². The number of rotatable bonds is 7. The van der Waals surface area contributed by atoms with Crippen LogP contribution in [0.4, 0.5) is 0 Å². The lowest BCUT2D eigenvalue weighted by atomic mass is 10.0. The average molecular weight is 415 g/mol. The maximum Gasteiger partial charge on any atom is 0.308 e. The number of nitrogens with zero attached hydrogens (tertiary/aromatic N) is 1. The molecule has 0 aliphatic heterocycles. The number of hydrogen-bond donors (Lipinski definition) is 1. The Balaban J connectivity index is 1.59. The number of ether oxygens (including phenoxy) is 2. The van der Waals surface area contributed by atoms with Crippen LogP contribution in [0.3, 0.4) is 0 Å². The van der Waals surface area contributed by atoms with Gasteiger partial charge in [0.1, 0.15) is 17.2 Å². The Bertz CT molecular complexity index is 1220. The number of carbonyl (C=O) groups excluding carboxylic acids is 1. The monoisotopic (exact) mass is 415 g/mol. The third-order valence-corrected chi connectivity index (χ3v) is 5.21. The minimum atomic E-state index is -0.425. The zero-order valence-electron chi connectivity index (χ0n) is 17.7. The largest absolute Gasteiger partial charge is 0.508 e. The molecule has 0 saturated heterocycles. The van der Waals surface area contributed by atoms with Gasteiger partial charge in [-0.25, -0.2) is 0 Å². The fourth-order valence-electron chi connectivity index (χ4n) is 3.79. The third kappa shape index (κ3) is 4.94. The number of carbonyl (C=O) groups is 1. The van der Waals surface area contributed by atoms with Crippen molar-refractivity contribution in [3.05, 3.63) is 72.4 Å². The first kappa shape index (κ1) is 20.7. The quantitative estimate of drug-likeness (QED) is 0.234. The van der Waals surface area contributed by atoms with Crippen molar-refractivity contribution in [1.29, 1.82) is 0 Å². The van der Waals surface area contributed by atoms with E-state index in [1.807, 2.05) is 19.1 Å². The molecule has 3 aromatic carbocycles. The first-order valence-electron chi connectivity index (χ1n) is 10.4. The second-order valence-electron chi connectivity index (χ2n) is 7.75. The lowest BCUT2D eigenvalue weighted by Crippen LogP contribution is -2.12. The number of esters is 1. The van der Waals surface area contributed by atoms with E-state index in [9.17, 15) is 9.90 Å². The highest BCUT2D eigenvalue weighted by atomic mass is 16.5. The molecule has 0 spiro atoms. The molecular weight excluding hydrogens is 390 g/mol. The van der Waals surface area contributed by atoms with E-state index in [2.05, 4.69) is 29.2 Å². The van der Waals surface area contributed by atoms with Crippen molar-refractivity contribution in [2.45, 2.75) is 39.2 Å². The van der Waals surface area contributed by atoms with E-state index in [-0.39, 0.29) is 11.9 Å². The number of phenolic OH excluding ortho intramolecular Hbond substituents is 1. The number of pyridine rings is 1. The van der Waals surface area contributed by atoms with Gasteiger partial charge in [0.15, 0.2) is 0 Å². The second-order valence-corrected chi connectivity index (χ2v) is 7.75. The SMILES string of the molecule is CC(=O)Oc1cc(OC(C)CCCc2ccccc2)cc2ncc3ccc(O)cc3c12. The van der Waals surface area contributed by atoms with Gasteiger partial charge in [0.2, 0.25) is 0 Å². The molecule has 1 unspecified atom stereocenters. The Morgan fingerprint density at radius 1 is 1.10 bits per heavy atom. The lowest BCUT2D eigenvalue weighted by molar-refractivity contribution is -0.131. The summed E-state index contributed by atoms with van der Waals surface area (Å²) in [5, 5.41) is 12.2. The first-order valence-corrected chi connectivity index (χ1v) is 10.4. The van der Waals surface area contributed by atoms with Gasteiger partial charge in [0.05, 0.1) is 17.0 Å². The van der Waals surface area contributed by atoms with Crippen LogP contribution in [-0.2, 0) is 11.2 Å². The molecule has 5 heteroatoms. The van der Waals surface area contributed by atoms with E-state index in [0.29, 0.717) is 22.4 Å². The highest BCUT2D eigenvalue weighted by molar-refractivity contribution is 6.10. The number of aromatic nitrogens is 1. The van der Waals surface area contributed by atoms with Crippen LogP contribution >= 0.6 is 0 Å². The predicted molar refractivity (Wildman–Crippen MR) is 122 cm³/mol. The Morgan fingerprint density at radius 3 is 2.68 bits per heavy atom. The Kier molecular flexibility index (Phi) is 6.03. The molecule has 1 aromatic heterocycles. The molecule has 0 saturated carbocycles. The summed E-state index contributed by atoms with van der Waals surface area (Å²) in [6.07, 6.45) is 4.65. The molecule has 31 heavy (non-hydrogen) atoms. The van der Waals surface area contributed by atoms with Crippen LogP contribution in [0.2, 0.25) is 0 Å². The van der Waals surface area contributed by atoms with Gasteiger partial charge in [-0.3, -0.25) is 9.78 Å². The van der Waals surface area contributed by atoms with Gasteiger partial charge in [-0.1, -0.05) is 30.3 Å². The van der Waals surface area contributed by atoms with Crippen molar-refractivity contribution in [2.75, 3.05) is 0 Å². The molecule has 0 aliphatic carbocycles. The van der Waals surface area contributed by atoms with Crippen LogP contribution in [-0.4, -0.2) is 22.2 Å². The van der Waals surface area contributed by atoms with E-state index in [4.69, 9.17) is 9.47 Å². The van der Waals surface area contributed by atoms with Crippen LogP contribution in [0.25, 0.3) is 21.7 Å². The van der Waals surface area contributed by atoms with Gasteiger partial charge in [-0.15, -0.1) is 0 Å². The highest BCUT2D eigenvalue weighted by Gasteiger charge is 2.15. The van der Waals surface area contributed by atoms with Gasteiger partial charge in [-0.2, -0.15) is 0 Å². The minimum Gasteiger partial charge on any atom is -0.508 e. The highest BCUT2D eigenvalue weighted by Crippen LogP contribution is 2.37. The summed E-state index contributed by atoms with van der Waals surface area (Å²) in [6.45, 7) is 3.40. The number of benzene rings is 3. The predicted octanol–water partition coefficient (Wildman–Crippen LogP) is 5.81. The molecule has 0 amide bonds. The molecule has 0 fully saturated rings. The van der Waals surface area contributed by atoms with E-state index in [1.54, 1.807) is 30.5 Å². The summed E-state index contributed by atoms with van der Waals surface area (Å²) < 4.78 is 11.6. The van der Waals surface area contributed by atoms with Crippen molar-refractivity contribution >= 4 is 27.6 Å². The number of fused-ring (bicyclic) bond motifs is 3. The molecule has 1 heterocycles. The van der Waals surface area contributed by atoms with Gasteiger partial charge < -0.3 is 14.6 Å². The summed E-state index contributed by atoms with van der Waals surface area (Å²) in [4.78, 5) is 16.3. The summed E-state index contributed by atoms with van der Waals surface area (Å²) >= 11 is 0. The Labute approximate surface area is 181 Å². The summed E-state index contributed by atoms with van der Waals surface area (Å²) in [6, 6.07) is 19.0. The Morgan fingerprint density at radius 2 is 1.90 bits per heavy atom. The molecule has 0 bridgehead atoms. The number of aryl methyl sites for hydroxylation is 1. The summed E-state index contributed by atoms with van der Waals surface area (Å²) in [5.74, 6) is 0.691. The van der Waals surface area contributed by atoms with Crippen molar-refractivity contribution in [3.8, 4) is 17.2 Å². The van der Waals surface area contributed by atoms with Crippen LogP contribution in [0, 0.1) is 0 Å². The van der Waals surface area contributed by atoms with Crippen molar-refractivity contribution in [2.24, 2.45) is 0 Å². The molecule has 1 N–H and O–H groups in total. The van der Waals surface area contributed by atoms with Crippen molar-refractivity contribution in [3.63, 3.8) is 0 Å². The van der Waals surface area contributed by atoms with E-state index in [0.717, 1.165) is 30.0 Å². The molecule has 4 rings (SSSR count). The third-order valence-electron chi connectivity index (χ3n) is 5.21. The fraction of sp³-hybridized carbons (Fsp3) is 0.231. The zero-order valence-corrected chi connectivity index (χ0v) is 17.7. The fourth-order valence-corrected chi connectivity index (χ4v) is 3.79. The first-order chi connectivity index (χ1) is 15.0. The Hall–Kier alpha value is -3.60. The lowest BCUT2D eigenvalue weighted by Gasteiger charge is -2.17. The summed E-state index contributed by atoms with van der Waals surface area (Å²) in [5.41, 5.74) is 1.96. The van der Waals surface area contributed by atoms with E-state index >= 15 is 0 Å². The van der Waals surface area contributed by atoms with Crippen molar-refractivity contribution in [1.82, 2.24) is 4.98 Å². The molecule has 4 aromatic rings. The minimum absolute atomic E-state index is 0.00385. The molecule has 5 nitrogen and oxygen atoms in total. The van der Waals surface area contributed by atoms with Crippen LogP contribution < -0.4 is 9.47 Å². The number of aromatic hydroxyl groups is 1. The maximum absolute atomic E-state index is 11.7. The van der Waals surface area contributed by atoms with Gasteiger partial charge in [0, 0.05) is 36.0 Å². The van der Waals surface area contributed by atoms with E-state index in [1.165, 1.54) is 12.5 Å². The summed E-state index contributed by atoms with van der Waals surface area (Å²) in [7, 11) is 0. The normalized spacial score (nSPS) is 12.1. The zero-order chi connectivity index (χ0) is 21.8. The second kappa shape index (κ2) is 9.04. The van der Waals surface area contributed by atoms with Gasteiger partial charge in [-0.05, 0) is 49.9 Å². The molecular formula is C26H25NO4. The molecule has 0 radical (unpaired) electrons. The molecule has 0 aliphatic rings. The number of hydrogen-bond acceptors (Lipinski definition) is 5. The van der Waals surface area contributed by atoms with E-state index < -0.39 is 5.97 Å². The van der Waals surface area contributed by atoms with Crippen LogP contribution in [0.15, 0.2) is 66.9 Å². The average Bonchev–Trinajstić information content (AvgIpc) is 2.73. The number of phenols is 1. The molecule has 1 atom stereocenters. The van der Waals surface area contributed by atoms with Gasteiger partial charge in [0.25, 0.3) is 0 Å². The standard InChI is InChI=1S/C26H25NO4/c1-17(7-6-10-19-8-4-3-5-9-19)30-22-14-24-26(25(15-22)31-18(2)28)23-13-21(29)12-11-20(23)16-27-24/h3-5,8-9,11-17,29H,6-7,10H2,1-2H3. The van der Waals surface area contributed by atoms with Crippen molar-refractivity contribution < 1.29 is 19.4 Å². The molecule has 158 valence electrons. The maximum atomic E-state index is 11.7. The van der Waals surface area contributed by atoms with Gasteiger partial charge >= 0.3 is 5.97 Å². The van der Waals surface area contributed by atoms with Crippen LogP contribution in [0.5, 0.6) is 17.2 Å². The smallest absolute Gasteiger partial charge is 0.308 e. The topological polar surface area (TPSA) is 68.7 Å².